The van der Waals surface area contributed by atoms with Crippen LogP contribution < -0.4 is 4.90 Å². The molecule has 0 amide bonds. The van der Waals surface area contributed by atoms with Crippen LogP contribution in [-0.4, -0.2) is 4.98 Å². The van der Waals surface area contributed by atoms with Crippen LogP contribution in [0.25, 0.3) is 66.7 Å². The third-order valence-corrected chi connectivity index (χ3v) is 14.6. The monoisotopic (exact) mass is 796 g/mol. The Morgan fingerprint density at radius 2 is 0.871 bits per heavy atom. The van der Waals surface area contributed by atoms with Gasteiger partial charge in [0, 0.05) is 44.1 Å². The van der Waals surface area contributed by atoms with Gasteiger partial charge in [-0.05, 0) is 121 Å². The fraction of sp³-hybridized carbons (Fsp3) is 0.150. The molecule has 8 aromatic carbocycles. The first kappa shape index (κ1) is 36.8. The maximum atomic E-state index is 5.37. The van der Waals surface area contributed by atoms with Crippen LogP contribution in [0.2, 0.25) is 0 Å². The van der Waals surface area contributed by atoms with E-state index < -0.39 is 0 Å². The summed E-state index contributed by atoms with van der Waals surface area (Å²) in [7, 11) is 0. The summed E-state index contributed by atoms with van der Waals surface area (Å²) < 4.78 is 0. The molecule has 0 radical (unpaired) electrons. The highest BCUT2D eigenvalue weighted by Gasteiger charge is 2.42. The minimum atomic E-state index is -0.322. The lowest BCUT2D eigenvalue weighted by molar-refractivity contribution is 0.657. The molecule has 0 aliphatic heterocycles. The molecule has 3 aliphatic carbocycles. The van der Waals surface area contributed by atoms with Gasteiger partial charge in [-0.25, -0.2) is 4.98 Å². The fourth-order valence-electron chi connectivity index (χ4n) is 11.4. The van der Waals surface area contributed by atoms with Crippen molar-refractivity contribution in [3.8, 4) is 55.8 Å². The van der Waals surface area contributed by atoms with Crippen LogP contribution in [0, 0.1) is 0 Å². The lowest BCUT2D eigenvalue weighted by Crippen LogP contribution is -2.22. The highest BCUT2D eigenvalue weighted by atomic mass is 15.1. The summed E-state index contributed by atoms with van der Waals surface area (Å²) in [4.78, 5) is 7.93. The van der Waals surface area contributed by atoms with Gasteiger partial charge in [-0.15, -0.1) is 0 Å². The number of hydrogen-bond donors (Lipinski definition) is 0. The molecule has 0 bridgehead atoms. The van der Waals surface area contributed by atoms with Gasteiger partial charge in [-0.2, -0.15) is 0 Å². The zero-order valence-electron chi connectivity index (χ0n) is 36.2. The van der Waals surface area contributed by atoms with E-state index in [0.29, 0.717) is 0 Å². The molecule has 2 nitrogen and oxygen atoms in total. The molecule has 0 atom stereocenters. The number of para-hydroxylation sites is 1. The first-order chi connectivity index (χ1) is 30.0. The Hall–Kier alpha value is -7.03. The third kappa shape index (κ3) is 5.13. The molecule has 1 heterocycles. The Balaban J connectivity index is 1.05. The zero-order chi connectivity index (χ0) is 42.1. The van der Waals surface area contributed by atoms with Crippen molar-refractivity contribution in [2.24, 2.45) is 0 Å². The number of aromatic nitrogens is 1. The second-order valence-corrected chi connectivity index (χ2v) is 19.2. The van der Waals surface area contributed by atoms with Crippen molar-refractivity contribution in [2.75, 3.05) is 4.90 Å². The van der Waals surface area contributed by atoms with Gasteiger partial charge < -0.3 is 4.90 Å². The van der Waals surface area contributed by atoms with Crippen LogP contribution >= 0.6 is 0 Å². The van der Waals surface area contributed by atoms with Crippen molar-refractivity contribution in [1.29, 1.82) is 0 Å². The quantitative estimate of drug-likeness (QED) is 0.172. The first-order valence-electron chi connectivity index (χ1n) is 22.0. The topological polar surface area (TPSA) is 16.1 Å². The summed E-state index contributed by atoms with van der Waals surface area (Å²) in [6.07, 6.45) is 0. The summed E-state index contributed by atoms with van der Waals surface area (Å²) in [6.45, 7) is 14.4. The molecule has 0 saturated carbocycles. The van der Waals surface area contributed by atoms with E-state index in [-0.39, 0.29) is 16.2 Å². The summed E-state index contributed by atoms with van der Waals surface area (Å²) >= 11 is 0. The number of benzene rings is 8. The molecule has 3 aliphatic rings. The summed E-state index contributed by atoms with van der Waals surface area (Å²) in [5.41, 5.74) is 24.5. The van der Waals surface area contributed by atoms with Crippen molar-refractivity contribution in [2.45, 2.75) is 57.8 Å². The van der Waals surface area contributed by atoms with Crippen LogP contribution in [0.5, 0.6) is 0 Å². The van der Waals surface area contributed by atoms with Gasteiger partial charge in [0.1, 0.15) is 0 Å². The van der Waals surface area contributed by atoms with Crippen LogP contribution in [0.1, 0.15) is 74.9 Å². The van der Waals surface area contributed by atoms with Crippen molar-refractivity contribution in [3.63, 3.8) is 0 Å². The van der Waals surface area contributed by atoms with E-state index in [9.17, 15) is 0 Å². The van der Waals surface area contributed by atoms with Gasteiger partial charge in [0.15, 0.2) is 0 Å². The van der Waals surface area contributed by atoms with E-state index in [4.69, 9.17) is 4.98 Å². The van der Waals surface area contributed by atoms with Crippen LogP contribution in [0.4, 0.5) is 17.1 Å². The normalized spacial score (nSPS) is 15.3. The fourth-order valence-corrected chi connectivity index (χ4v) is 11.4. The van der Waals surface area contributed by atoms with E-state index in [1.54, 1.807) is 0 Å². The molecule has 1 aromatic heterocycles. The predicted molar refractivity (Wildman–Crippen MR) is 260 cm³/mol. The number of nitrogens with zero attached hydrogens (tertiary/aromatic N) is 2. The number of rotatable bonds is 5. The van der Waals surface area contributed by atoms with Crippen molar-refractivity contribution < 1.29 is 0 Å². The maximum Gasteiger partial charge on any atom is 0.0788 e. The Morgan fingerprint density at radius 1 is 0.355 bits per heavy atom. The molecule has 2 heteroatoms. The average Bonchev–Trinajstić information content (AvgIpc) is 3.78. The highest BCUT2D eigenvalue weighted by molar-refractivity contribution is 5.96. The summed E-state index contributed by atoms with van der Waals surface area (Å²) in [5, 5.41) is 1.14. The minimum Gasteiger partial charge on any atom is -0.310 e. The van der Waals surface area contributed by atoms with E-state index >= 15 is 0 Å². The van der Waals surface area contributed by atoms with Crippen molar-refractivity contribution in [3.05, 3.63) is 215 Å². The molecule has 9 aromatic rings. The lowest BCUT2D eigenvalue weighted by Gasteiger charge is -2.34. The lowest BCUT2D eigenvalue weighted by atomic mass is 9.80. The molecule has 298 valence electrons. The van der Waals surface area contributed by atoms with E-state index in [1.165, 1.54) is 89.4 Å². The summed E-state index contributed by atoms with van der Waals surface area (Å²) in [6, 6.07) is 67.8. The largest absolute Gasteiger partial charge is 0.310 e. The molecular formula is C60H48N2. The number of pyridine rings is 1. The Bertz CT molecular complexity index is 3220. The number of hydrogen-bond acceptors (Lipinski definition) is 2. The SMILES string of the molecule is CC1(C)c2ccccc2-c2ccc(N(c3ccc4c(c3)C(C)(C)c3ccccc3-4)c3cccc4c3C(C)(C)c3cc(-c5nc6ccccc6cc5-c5ccccc5)ccc3-4)cc21. The second-order valence-electron chi connectivity index (χ2n) is 19.2. The Kier molecular flexibility index (Phi) is 7.71. The van der Waals surface area contributed by atoms with E-state index in [2.05, 4.69) is 228 Å². The standard InChI is InChI=1S/C60H48N2/c1-58(2)49-23-13-11-20-42(49)44-31-28-40(35-52(44)58)62(41-29-32-45-43-21-12-14-24-50(43)59(3,4)53(45)36-41)55-26-16-22-47-46-30-27-39(34-51(46)60(5,6)56(47)55)57-48(37-17-8-7-9-18-37)33-38-19-10-15-25-54(38)61-57/h7-36H,1-6H3. The van der Waals surface area contributed by atoms with Gasteiger partial charge in [-0.1, -0.05) is 175 Å². The molecule has 12 rings (SSSR count). The Labute approximate surface area is 365 Å². The van der Waals surface area contributed by atoms with Gasteiger partial charge in [0.25, 0.3) is 0 Å². The van der Waals surface area contributed by atoms with Gasteiger partial charge in [0.2, 0.25) is 0 Å². The van der Waals surface area contributed by atoms with E-state index in [0.717, 1.165) is 27.7 Å². The molecule has 0 fully saturated rings. The molecule has 0 unspecified atom stereocenters. The van der Waals surface area contributed by atoms with Crippen LogP contribution in [0.15, 0.2) is 182 Å². The Morgan fingerprint density at radius 3 is 1.53 bits per heavy atom. The maximum absolute atomic E-state index is 5.37. The average molecular weight is 797 g/mol. The van der Waals surface area contributed by atoms with Crippen molar-refractivity contribution >= 4 is 28.0 Å². The number of fused-ring (bicyclic) bond motifs is 10. The van der Waals surface area contributed by atoms with Crippen LogP contribution in [-0.2, 0) is 16.2 Å². The molecule has 0 spiro atoms. The zero-order valence-corrected chi connectivity index (χ0v) is 36.2. The van der Waals surface area contributed by atoms with Gasteiger partial charge in [-0.3, -0.25) is 0 Å². The van der Waals surface area contributed by atoms with Crippen molar-refractivity contribution in [1.82, 2.24) is 4.98 Å². The summed E-state index contributed by atoms with van der Waals surface area (Å²) in [5.74, 6) is 0. The third-order valence-electron chi connectivity index (χ3n) is 14.6. The van der Waals surface area contributed by atoms with E-state index in [1.807, 2.05) is 0 Å². The molecular weight excluding hydrogens is 749 g/mol. The van der Waals surface area contributed by atoms with Crippen LogP contribution in [0.3, 0.4) is 0 Å². The van der Waals surface area contributed by atoms with Gasteiger partial charge >= 0.3 is 0 Å². The van der Waals surface area contributed by atoms with Gasteiger partial charge in [0.05, 0.1) is 16.9 Å². The second kappa shape index (κ2) is 13.0. The smallest absolute Gasteiger partial charge is 0.0788 e. The molecule has 62 heavy (non-hydrogen) atoms. The number of anilines is 3. The minimum absolute atomic E-state index is 0.130. The first-order valence-corrected chi connectivity index (χ1v) is 22.0. The molecule has 0 saturated heterocycles. The highest BCUT2D eigenvalue weighted by Crippen LogP contribution is 2.58. The predicted octanol–water partition coefficient (Wildman–Crippen LogP) is 16.0. The molecule has 0 N–H and O–H groups in total.